The minimum Gasteiger partial charge on any atom is -0.496 e. The molecule has 0 saturated heterocycles. The van der Waals surface area contributed by atoms with E-state index in [1.165, 1.54) is 5.06 Å². The van der Waals surface area contributed by atoms with Crippen molar-refractivity contribution in [2.75, 3.05) is 25.7 Å². The molecule has 0 bridgehead atoms. The van der Waals surface area contributed by atoms with Crippen LogP contribution in [0.2, 0.25) is 0 Å². The number of aromatic nitrogens is 1. The van der Waals surface area contributed by atoms with Crippen molar-refractivity contribution in [3.63, 3.8) is 0 Å². The normalized spacial score (nSPS) is 18.4. The average Bonchev–Trinajstić information content (AvgIpc) is 2.95. The quantitative estimate of drug-likeness (QED) is 0.578. The highest BCUT2D eigenvalue weighted by atomic mass is 79.9. The van der Waals surface area contributed by atoms with Gasteiger partial charge in [0, 0.05) is 28.9 Å². The highest BCUT2D eigenvalue weighted by Crippen LogP contribution is 2.39. The number of nitrogens with zero attached hydrogens (tertiary/aromatic N) is 1. The summed E-state index contributed by atoms with van der Waals surface area (Å²) < 4.78 is 11.7. The van der Waals surface area contributed by atoms with Crippen LogP contribution in [0.5, 0.6) is 5.75 Å². The molecule has 0 radical (unpaired) electrons. The highest BCUT2D eigenvalue weighted by molar-refractivity contribution is 9.10. The van der Waals surface area contributed by atoms with Gasteiger partial charge in [-0.3, -0.25) is 0 Å². The second-order valence-electron chi connectivity index (χ2n) is 8.12. The molecule has 1 amide bonds. The van der Waals surface area contributed by atoms with Gasteiger partial charge in [-0.1, -0.05) is 0 Å². The summed E-state index contributed by atoms with van der Waals surface area (Å²) in [6, 6.07) is 3.25. The summed E-state index contributed by atoms with van der Waals surface area (Å²) in [7, 11) is 1.64. The highest BCUT2D eigenvalue weighted by Gasteiger charge is 2.37. The molecule has 0 spiro atoms. The molecule has 0 fully saturated rings. The number of carbonyl (C=O) groups excluding carboxylic acids is 1. The summed E-state index contributed by atoms with van der Waals surface area (Å²) in [5.74, 6) is 1.39. The van der Waals surface area contributed by atoms with Crippen molar-refractivity contribution in [1.29, 1.82) is 0 Å². The van der Waals surface area contributed by atoms with Crippen LogP contribution in [0.25, 0.3) is 10.9 Å². The number of ether oxygens (including phenoxy) is 2. The summed E-state index contributed by atoms with van der Waals surface area (Å²) >= 11 is 5.14. The van der Waals surface area contributed by atoms with Crippen LogP contribution in [0.1, 0.15) is 38.1 Å². The van der Waals surface area contributed by atoms with Gasteiger partial charge in [-0.2, -0.15) is 16.8 Å². The van der Waals surface area contributed by atoms with E-state index in [-0.39, 0.29) is 6.04 Å². The van der Waals surface area contributed by atoms with Crippen molar-refractivity contribution < 1.29 is 19.5 Å². The molecular weight excluding hydrogens is 458 g/mol. The Morgan fingerprint density at radius 2 is 2.21 bits per heavy atom. The van der Waals surface area contributed by atoms with Gasteiger partial charge in [0.05, 0.1) is 23.7 Å². The van der Waals surface area contributed by atoms with Crippen LogP contribution in [0.3, 0.4) is 0 Å². The van der Waals surface area contributed by atoms with Crippen molar-refractivity contribution in [3.8, 4) is 5.75 Å². The Bertz CT molecular complexity index is 896. The second kappa shape index (κ2) is 8.75. The fraction of sp³-hybridized carbons (Fsp3) is 0.550. The van der Waals surface area contributed by atoms with Gasteiger partial charge in [-0.15, -0.1) is 0 Å². The zero-order valence-corrected chi connectivity index (χ0v) is 19.7. The molecule has 1 aromatic heterocycles. The maximum absolute atomic E-state index is 12.4. The third kappa shape index (κ3) is 4.84. The number of aromatic amines is 1. The number of H-pyrrole nitrogens is 1. The lowest BCUT2D eigenvalue weighted by Crippen LogP contribution is -2.50. The molecule has 0 unspecified atom stereocenters. The Labute approximate surface area is 183 Å². The van der Waals surface area contributed by atoms with Gasteiger partial charge in [-0.05, 0) is 67.1 Å². The van der Waals surface area contributed by atoms with E-state index in [2.05, 4.69) is 26.2 Å². The molecule has 3 rings (SSSR count). The summed E-state index contributed by atoms with van der Waals surface area (Å²) in [4.78, 5) is 15.9. The van der Waals surface area contributed by atoms with Crippen molar-refractivity contribution in [3.05, 3.63) is 27.9 Å². The number of hydroxylamine groups is 2. The molecule has 9 heteroatoms. The maximum atomic E-state index is 12.4. The van der Waals surface area contributed by atoms with Gasteiger partial charge >= 0.3 is 6.09 Å². The van der Waals surface area contributed by atoms with Crippen LogP contribution in [-0.4, -0.2) is 58.7 Å². The summed E-state index contributed by atoms with van der Waals surface area (Å²) in [5, 5.41) is 16.0. The van der Waals surface area contributed by atoms with Crippen LogP contribution >= 0.6 is 27.7 Å². The molecule has 1 aliphatic rings. The number of carbonyl (C=O) groups is 1. The molecule has 7 nitrogen and oxygen atoms in total. The number of thioether (sulfide) groups is 1. The van der Waals surface area contributed by atoms with Gasteiger partial charge < -0.3 is 25.0 Å². The lowest BCUT2D eigenvalue weighted by molar-refractivity contribution is -0.141. The lowest BCUT2D eigenvalue weighted by Gasteiger charge is -2.36. The first-order valence-corrected chi connectivity index (χ1v) is 11.6. The smallest absolute Gasteiger partial charge is 0.407 e. The van der Waals surface area contributed by atoms with Gasteiger partial charge in [0.2, 0.25) is 0 Å². The zero-order valence-electron chi connectivity index (χ0n) is 17.3. The standard InChI is InChI=1S/C20H28BrN3O4S/c1-20(2,3)28-19(25)23-15(10-29-5)18-17-11(6-7-24(18)26)12-8-16(27-4)13(21)9-14(12)22-17/h8-9,15,18,22,26H,6-7,10H2,1-5H3,(H,23,25)/t15-,18-/m1/s1. The summed E-state index contributed by atoms with van der Waals surface area (Å²) in [6.45, 7) is 5.96. The molecule has 2 aromatic rings. The fourth-order valence-corrected chi connectivity index (χ4v) is 4.85. The number of rotatable bonds is 5. The van der Waals surface area contributed by atoms with Gasteiger partial charge in [0.1, 0.15) is 11.4 Å². The first-order chi connectivity index (χ1) is 13.6. The number of amides is 1. The van der Waals surface area contributed by atoms with Gasteiger partial charge in [0.25, 0.3) is 0 Å². The number of benzene rings is 1. The van der Waals surface area contributed by atoms with Crippen molar-refractivity contribution in [2.45, 2.75) is 44.9 Å². The molecule has 2 atom stereocenters. The predicted octanol–water partition coefficient (Wildman–Crippen LogP) is 4.48. The van der Waals surface area contributed by atoms with E-state index in [9.17, 15) is 10.0 Å². The minimum atomic E-state index is -0.589. The average molecular weight is 486 g/mol. The van der Waals surface area contributed by atoms with E-state index >= 15 is 0 Å². The Kier molecular flexibility index (Phi) is 6.72. The predicted molar refractivity (Wildman–Crippen MR) is 119 cm³/mol. The largest absolute Gasteiger partial charge is 0.496 e. The number of hydrogen-bond donors (Lipinski definition) is 3. The van der Waals surface area contributed by atoms with Crippen LogP contribution in [0, 0.1) is 0 Å². The number of hydrogen-bond acceptors (Lipinski definition) is 6. The Hall–Kier alpha value is -1.42. The van der Waals surface area contributed by atoms with Crippen LogP contribution in [-0.2, 0) is 11.2 Å². The van der Waals surface area contributed by atoms with E-state index in [0.717, 1.165) is 32.4 Å². The third-order valence-electron chi connectivity index (χ3n) is 4.85. The molecule has 1 aromatic carbocycles. The lowest BCUT2D eigenvalue weighted by atomic mass is 9.94. The van der Waals surface area contributed by atoms with E-state index in [1.54, 1.807) is 18.9 Å². The number of methoxy groups -OCH3 is 1. The van der Waals surface area contributed by atoms with Crippen molar-refractivity contribution in [1.82, 2.24) is 15.4 Å². The molecule has 0 saturated carbocycles. The zero-order chi connectivity index (χ0) is 21.3. The summed E-state index contributed by atoms with van der Waals surface area (Å²) in [5.41, 5.74) is 2.42. The van der Waals surface area contributed by atoms with E-state index in [1.807, 2.05) is 39.2 Å². The third-order valence-corrected chi connectivity index (χ3v) is 6.16. The number of alkyl carbamates (subject to hydrolysis) is 1. The van der Waals surface area contributed by atoms with Crippen LogP contribution in [0.4, 0.5) is 4.79 Å². The monoisotopic (exact) mass is 485 g/mol. The Morgan fingerprint density at radius 3 is 2.83 bits per heavy atom. The molecule has 3 N–H and O–H groups in total. The van der Waals surface area contributed by atoms with E-state index in [0.29, 0.717) is 18.7 Å². The number of nitrogens with one attached hydrogen (secondary N) is 2. The number of halogens is 1. The van der Waals surface area contributed by atoms with Gasteiger partial charge in [-0.25, -0.2) is 4.79 Å². The fourth-order valence-electron chi connectivity index (χ4n) is 3.72. The molecular formula is C20H28BrN3O4S. The second-order valence-corrected chi connectivity index (χ2v) is 9.88. The van der Waals surface area contributed by atoms with E-state index < -0.39 is 17.7 Å². The van der Waals surface area contributed by atoms with E-state index in [4.69, 9.17) is 9.47 Å². The van der Waals surface area contributed by atoms with Crippen molar-refractivity contribution in [2.24, 2.45) is 0 Å². The van der Waals surface area contributed by atoms with Crippen LogP contribution in [0.15, 0.2) is 16.6 Å². The topological polar surface area (TPSA) is 86.8 Å². The molecule has 0 aliphatic carbocycles. The first-order valence-electron chi connectivity index (χ1n) is 9.46. The Morgan fingerprint density at radius 1 is 1.48 bits per heavy atom. The molecule has 1 aliphatic heterocycles. The van der Waals surface area contributed by atoms with Crippen LogP contribution < -0.4 is 10.1 Å². The Balaban J connectivity index is 1.99. The summed E-state index contributed by atoms with van der Waals surface area (Å²) in [6.07, 6.45) is 2.19. The maximum Gasteiger partial charge on any atom is 0.407 e. The first kappa shape index (κ1) is 22.3. The molecule has 29 heavy (non-hydrogen) atoms. The van der Waals surface area contributed by atoms with Gasteiger partial charge in [0.15, 0.2) is 0 Å². The molecule has 2 heterocycles. The number of fused-ring (bicyclic) bond motifs is 3. The SMILES string of the molecule is COc1cc2c3c([nH]c2cc1Br)[C@@H]([C@@H](CSC)NC(=O)OC(C)(C)C)N(O)CC3. The molecule has 160 valence electrons. The van der Waals surface area contributed by atoms with Crippen molar-refractivity contribution >= 4 is 44.7 Å². The minimum absolute atomic E-state index is 0.331.